The van der Waals surface area contributed by atoms with E-state index in [-0.39, 0.29) is 10.8 Å². The summed E-state index contributed by atoms with van der Waals surface area (Å²) in [6.07, 6.45) is 10.6. The van der Waals surface area contributed by atoms with Crippen molar-refractivity contribution in [2.45, 2.75) is 104 Å². The van der Waals surface area contributed by atoms with Gasteiger partial charge in [-0.1, -0.05) is 91.5 Å². The van der Waals surface area contributed by atoms with Crippen LogP contribution in [0.25, 0.3) is 21.5 Å². The van der Waals surface area contributed by atoms with Crippen LogP contribution in [0.2, 0.25) is 0 Å². The quantitative estimate of drug-likeness (QED) is 0.330. The molecule has 0 unspecified atom stereocenters. The van der Waals surface area contributed by atoms with Crippen LogP contribution >= 0.6 is 0 Å². The van der Waals surface area contributed by atoms with Crippen molar-refractivity contribution in [2.75, 3.05) is 0 Å². The molecular formula is C30H40. The SMILES string of the molecule is CC(C)(C)c1cc2c3cc4c(cc(C(C)(C)C)cc4cc3c1)CCCCCCCC2. The van der Waals surface area contributed by atoms with Gasteiger partial charge in [0.1, 0.15) is 0 Å². The summed E-state index contributed by atoms with van der Waals surface area (Å²) in [5.41, 5.74) is 6.42. The van der Waals surface area contributed by atoms with Gasteiger partial charge in [0.15, 0.2) is 0 Å². The van der Waals surface area contributed by atoms with Crippen LogP contribution in [0.15, 0.2) is 36.4 Å². The minimum atomic E-state index is 0.180. The van der Waals surface area contributed by atoms with Crippen LogP contribution in [-0.2, 0) is 23.7 Å². The molecule has 0 radical (unpaired) electrons. The topological polar surface area (TPSA) is 0 Å². The fourth-order valence-electron chi connectivity index (χ4n) is 5.00. The van der Waals surface area contributed by atoms with Crippen LogP contribution in [0.3, 0.4) is 0 Å². The Morgan fingerprint density at radius 2 is 0.867 bits per heavy atom. The third-order valence-corrected chi connectivity index (χ3v) is 7.07. The van der Waals surface area contributed by atoms with Gasteiger partial charge in [-0.05, 0) is 92.4 Å². The van der Waals surface area contributed by atoms with Crippen LogP contribution in [0.1, 0.15) is 102 Å². The van der Waals surface area contributed by atoms with Gasteiger partial charge < -0.3 is 0 Å². The first kappa shape index (κ1) is 21.4. The molecular weight excluding hydrogens is 360 g/mol. The van der Waals surface area contributed by atoms with Crippen molar-refractivity contribution in [3.63, 3.8) is 0 Å². The van der Waals surface area contributed by atoms with Gasteiger partial charge in [0.2, 0.25) is 0 Å². The Morgan fingerprint density at radius 3 is 1.27 bits per heavy atom. The van der Waals surface area contributed by atoms with E-state index in [1.165, 1.54) is 84.0 Å². The molecule has 4 rings (SSSR count). The zero-order chi connectivity index (χ0) is 21.5. The zero-order valence-electron chi connectivity index (χ0n) is 20.1. The molecule has 0 atom stereocenters. The van der Waals surface area contributed by atoms with Gasteiger partial charge in [0.05, 0.1) is 0 Å². The van der Waals surface area contributed by atoms with Gasteiger partial charge >= 0.3 is 0 Å². The van der Waals surface area contributed by atoms with E-state index >= 15 is 0 Å². The maximum atomic E-state index is 2.53. The van der Waals surface area contributed by atoms with Crippen molar-refractivity contribution in [3.05, 3.63) is 58.7 Å². The first-order valence-electron chi connectivity index (χ1n) is 12.2. The molecule has 1 aliphatic carbocycles. The smallest absolute Gasteiger partial charge is 0.0132 e. The average Bonchev–Trinajstić information content (AvgIpc) is 2.67. The van der Waals surface area contributed by atoms with Crippen molar-refractivity contribution in [2.24, 2.45) is 0 Å². The third-order valence-electron chi connectivity index (χ3n) is 7.07. The fourth-order valence-corrected chi connectivity index (χ4v) is 5.00. The summed E-state index contributed by atoms with van der Waals surface area (Å²) in [6, 6.07) is 15.0. The third kappa shape index (κ3) is 4.43. The van der Waals surface area contributed by atoms with Crippen molar-refractivity contribution < 1.29 is 0 Å². The Morgan fingerprint density at radius 1 is 0.467 bits per heavy atom. The number of hydrogen-bond donors (Lipinski definition) is 0. The van der Waals surface area contributed by atoms with E-state index in [0.717, 1.165) is 0 Å². The lowest BCUT2D eigenvalue weighted by Crippen LogP contribution is -2.12. The monoisotopic (exact) mass is 400 g/mol. The molecule has 3 aromatic rings. The molecule has 0 nitrogen and oxygen atoms in total. The van der Waals surface area contributed by atoms with Gasteiger partial charge in [-0.25, -0.2) is 0 Å². The summed E-state index contributed by atoms with van der Waals surface area (Å²) in [5.74, 6) is 0. The number of hydrogen-bond acceptors (Lipinski definition) is 0. The van der Waals surface area contributed by atoms with Crippen molar-refractivity contribution in [1.29, 1.82) is 0 Å². The van der Waals surface area contributed by atoms with E-state index in [1.54, 1.807) is 11.1 Å². The summed E-state index contributed by atoms with van der Waals surface area (Å²) < 4.78 is 0. The average molecular weight is 401 g/mol. The van der Waals surface area contributed by atoms with Crippen LogP contribution in [0, 0.1) is 0 Å². The van der Waals surface area contributed by atoms with Crippen LogP contribution in [0.5, 0.6) is 0 Å². The number of benzene rings is 3. The first-order valence-corrected chi connectivity index (χ1v) is 12.2. The fraction of sp³-hybridized carbons (Fsp3) is 0.533. The molecule has 0 spiro atoms. The van der Waals surface area contributed by atoms with Gasteiger partial charge in [0, 0.05) is 0 Å². The Kier molecular flexibility index (Phi) is 5.73. The number of rotatable bonds is 0. The minimum absolute atomic E-state index is 0.180. The Balaban J connectivity index is 2.01. The standard InChI is InChI=1S/C30H40/c1-29(2,3)25-16-21-13-11-9-7-8-10-12-14-22-17-26(30(4,5)6)19-24-15-23(18-25)27(21)20-28(22)24/h15-20H,7-14H2,1-6H3. The highest BCUT2D eigenvalue weighted by Crippen LogP contribution is 2.36. The molecule has 2 bridgehead atoms. The van der Waals surface area contributed by atoms with E-state index in [2.05, 4.69) is 77.9 Å². The van der Waals surface area contributed by atoms with Gasteiger partial charge in [-0.3, -0.25) is 0 Å². The second-order valence-corrected chi connectivity index (χ2v) is 11.7. The van der Waals surface area contributed by atoms with Crippen molar-refractivity contribution in [1.82, 2.24) is 0 Å². The predicted molar refractivity (Wildman–Crippen MR) is 134 cm³/mol. The predicted octanol–water partition coefficient (Wildman–Crippen LogP) is 9.03. The Labute approximate surface area is 184 Å². The van der Waals surface area contributed by atoms with Gasteiger partial charge in [-0.2, -0.15) is 0 Å². The van der Waals surface area contributed by atoms with Crippen molar-refractivity contribution >= 4 is 21.5 Å². The number of aryl methyl sites for hydroxylation is 2. The molecule has 0 aliphatic heterocycles. The molecule has 0 saturated carbocycles. The molecule has 0 N–H and O–H groups in total. The van der Waals surface area contributed by atoms with Crippen molar-refractivity contribution in [3.8, 4) is 0 Å². The Hall–Kier alpha value is -1.82. The molecule has 3 aromatic carbocycles. The van der Waals surface area contributed by atoms with E-state index in [9.17, 15) is 0 Å². The molecule has 30 heavy (non-hydrogen) atoms. The normalized spacial score (nSPS) is 16.6. The molecule has 0 aromatic heterocycles. The lowest BCUT2D eigenvalue weighted by molar-refractivity contribution is 0.583. The van der Waals surface area contributed by atoms with E-state index < -0.39 is 0 Å². The minimum Gasteiger partial charge on any atom is -0.0561 e. The van der Waals surface area contributed by atoms with Crippen LogP contribution in [-0.4, -0.2) is 0 Å². The molecule has 160 valence electrons. The molecule has 1 aliphatic rings. The summed E-state index contributed by atoms with van der Waals surface area (Å²) >= 11 is 0. The molecule has 0 heteroatoms. The first-order chi connectivity index (χ1) is 14.1. The largest absolute Gasteiger partial charge is 0.0561 e. The summed E-state index contributed by atoms with van der Waals surface area (Å²) in [6.45, 7) is 14.1. The second-order valence-electron chi connectivity index (χ2n) is 11.7. The lowest BCUT2D eigenvalue weighted by Gasteiger charge is -2.24. The Bertz CT molecular complexity index is 971. The van der Waals surface area contributed by atoms with Gasteiger partial charge in [0.25, 0.3) is 0 Å². The van der Waals surface area contributed by atoms with Crippen LogP contribution < -0.4 is 0 Å². The highest BCUT2D eigenvalue weighted by atomic mass is 14.2. The highest BCUT2D eigenvalue weighted by molar-refractivity contribution is 6.01. The molecule has 0 saturated heterocycles. The zero-order valence-corrected chi connectivity index (χ0v) is 20.1. The molecule has 0 heterocycles. The summed E-state index contributed by atoms with van der Waals surface area (Å²) in [7, 11) is 0. The summed E-state index contributed by atoms with van der Waals surface area (Å²) in [4.78, 5) is 0. The van der Waals surface area contributed by atoms with E-state index in [0.29, 0.717) is 0 Å². The maximum absolute atomic E-state index is 2.53. The molecule has 0 fully saturated rings. The lowest BCUT2D eigenvalue weighted by atomic mass is 9.81. The van der Waals surface area contributed by atoms with Crippen LogP contribution in [0.4, 0.5) is 0 Å². The summed E-state index contributed by atoms with van der Waals surface area (Å²) in [5, 5.41) is 5.83. The van der Waals surface area contributed by atoms with Gasteiger partial charge in [-0.15, -0.1) is 0 Å². The van der Waals surface area contributed by atoms with E-state index in [1.807, 2.05) is 0 Å². The molecule has 0 amide bonds. The maximum Gasteiger partial charge on any atom is -0.0132 e. The van der Waals surface area contributed by atoms with E-state index in [4.69, 9.17) is 0 Å². The highest BCUT2D eigenvalue weighted by Gasteiger charge is 2.19. The second kappa shape index (κ2) is 8.03.